The lowest BCUT2D eigenvalue weighted by molar-refractivity contribution is -0.135. The normalized spacial score (nSPS) is 16.5. The Balaban J connectivity index is 1.39. The molecule has 0 bridgehead atoms. The first-order chi connectivity index (χ1) is 16.2. The van der Waals surface area contributed by atoms with Crippen molar-refractivity contribution in [3.63, 3.8) is 0 Å². The largest absolute Gasteiger partial charge is 0.486 e. The number of aromatic amines is 1. The van der Waals surface area contributed by atoms with Gasteiger partial charge < -0.3 is 19.4 Å². The number of rotatable bonds is 5. The van der Waals surface area contributed by atoms with Crippen LogP contribution in [0.15, 0.2) is 41.3 Å². The second-order valence-electron chi connectivity index (χ2n) is 9.29. The number of benzene rings is 2. The van der Waals surface area contributed by atoms with Crippen LogP contribution in [0.2, 0.25) is 0 Å². The molecular formula is C25H29N3O5S. The molecule has 1 atom stereocenters. The lowest BCUT2D eigenvalue weighted by Crippen LogP contribution is -2.52. The molecule has 1 aromatic heterocycles. The van der Waals surface area contributed by atoms with Crippen LogP contribution in [0.5, 0.6) is 11.5 Å². The van der Waals surface area contributed by atoms with Gasteiger partial charge in [0.1, 0.15) is 19.3 Å². The zero-order chi connectivity index (χ0) is 24.0. The molecule has 0 fully saturated rings. The minimum atomic E-state index is -3.95. The number of amides is 1. The number of nitrogens with zero attached hydrogens (tertiary/aromatic N) is 1. The van der Waals surface area contributed by atoms with E-state index in [1.165, 1.54) is 12.1 Å². The van der Waals surface area contributed by atoms with Gasteiger partial charge in [-0.25, -0.2) is 8.42 Å². The van der Waals surface area contributed by atoms with Gasteiger partial charge in [-0.15, -0.1) is 0 Å². The minimum Gasteiger partial charge on any atom is -0.486 e. The molecule has 0 unspecified atom stereocenters. The smallest absolute Gasteiger partial charge is 0.241 e. The van der Waals surface area contributed by atoms with Crippen LogP contribution in [0.3, 0.4) is 0 Å². The van der Waals surface area contributed by atoms with Gasteiger partial charge in [-0.1, -0.05) is 25.5 Å². The molecule has 2 aliphatic rings. The van der Waals surface area contributed by atoms with Crippen LogP contribution in [0, 0.1) is 12.8 Å². The summed E-state index contributed by atoms with van der Waals surface area (Å²) in [6, 6.07) is 9.87. The summed E-state index contributed by atoms with van der Waals surface area (Å²) in [5.41, 5.74) is 4.47. The summed E-state index contributed by atoms with van der Waals surface area (Å²) in [6.07, 6.45) is 0.703. The van der Waals surface area contributed by atoms with Gasteiger partial charge in [-0.2, -0.15) is 4.72 Å². The van der Waals surface area contributed by atoms with E-state index in [-0.39, 0.29) is 16.7 Å². The van der Waals surface area contributed by atoms with Crippen molar-refractivity contribution in [1.82, 2.24) is 14.6 Å². The monoisotopic (exact) mass is 483 g/mol. The molecule has 3 aromatic rings. The number of carbonyl (C=O) groups excluding carboxylic acids is 1. The van der Waals surface area contributed by atoms with Crippen LogP contribution >= 0.6 is 0 Å². The first-order valence-electron chi connectivity index (χ1n) is 11.5. The van der Waals surface area contributed by atoms with Gasteiger partial charge in [-0.3, -0.25) is 4.79 Å². The summed E-state index contributed by atoms with van der Waals surface area (Å²) in [4.78, 5) is 18.8. The number of fused-ring (bicyclic) bond motifs is 4. The van der Waals surface area contributed by atoms with Crippen LogP contribution in [-0.2, 0) is 27.8 Å². The molecule has 3 heterocycles. The lowest BCUT2D eigenvalue weighted by Gasteiger charge is -2.32. The number of sulfonamides is 1. The highest BCUT2D eigenvalue weighted by Gasteiger charge is 2.34. The van der Waals surface area contributed by atoms with Gasteiger partial charge >= 0.3 is 0 Å². The van der Waals surface area contributed by atoms with E-state index in [4.69, 9.17) is 9.47 Å². The van der Waals surface area contributed by atoms with Crippen molar-refractivity contribution in [1.29, 1.82) is 0 Å². The Morgan fingerprint density at radius 1 is 1.09 bits per heavy atom. The quantitative estimate of drug-likeness (QED) is 0.581. The Morgan fingerprint density at radius 3 is 2.62 bits per heavy atom. The molecule has 0 saturated heterocycles. The van der Waals surface area contributed by atoms with E-state index in [1.807, 2.05) is 20.8 Å². The zero-order valence-corrected chi connectivity index (χ0v) is 20.4. The van der Waals surface area contributed by atoms with E-state index in [0.717, 1.165) is 27.7 Å². The fraction of sp³-hybridized carbons (Fsp3) is 0.400. The molecule has 0 saturated carbocycles. The van der Waals surface area contributed by atoms with Gasteiger partial charge in [0.15, 0.2) is 11.5 Å². The summed E-state index contributed by atoms with van der Waals surface area (Å²) in [5, 5.41) is 1.12. The van der Waals surface area contributed by atoms with E-state index in [1.54, 1.807) is 11.0 Å². The van der Waals surface area contributed by atoms with Crippen molar-refractivity contribution in [2.24, 2.45) is 5.92 Å². The van der Waals surface area contributed by atoms with Crippen molar-refractivity contribution in [3.05, 3.63) is 53.2 Å². The number of hydrogen-bond donors (Lipinski definition) is 2. The molecule has 180 valence electrons. The van der Waals surface area contributed by atoms with Gasteiger partial charge in [-0.05, 0) is 37.1 Å². The molecule has 8 nitrogen and oxygen atoms in total. The second-order valence-corrected chi connectivity index (χ2v) is 11.0. The summed E-state index contributed by atoms with van der Waals surface area (Å²) in [5.74, 6) is 0.453. The Morgan fingerprint density at radius 2 is 1.85 bits per heavy atom. The Kier molecular flexibility index (Phi) is 5.77. The first-order valence-corrected chi connectivity index (χ1v) is 13.0. The number of carbonyl (C=O) groups is 1. The minimum absolute atomic E-state index is 0.0447. The third-order valence-corrected chi connectivity index (χ3v) is 7.92. The van der Waals surface area contributed by atoms with Crippen LogP contribution < -0.4 is 14.2 Å². The lowest BCUT2D eigenvalue weighted by atomic mass is 10.00. The summed E-state index contributed by atoms with van der Waals surface area (Å²) in [7, 11) is -3.95. The molecule has 5 rings (SSSR count). The van der Waals surface area contributed by atoms with Crippen LogP contribution in [-0.4, -0.2) is 50.0 Å². The molecule has 34 heavy (non-hydrogen) atoms. The van der Waals surface area contributed by atoms with Crippen molar-refractivity contribution in [3.8, 4) is 11.5 Å². The predicted octanol–water partition coefficient (Wildman–Crippen LogP) is 3.14. The molecule has 0 spiro atoms. The number of nitrogens with one attached hydrogen (secondary N) is 2. The van der Waals surface area contributed by atoms with E-state index < -0.39 is 16.1 Å². The number of aromatic nitrogens is 1. The molecule has 1 amide bonds. The number of H-pyrrole nitrogens is 1. The maximum atomic E-state index is 13.6. The maximum Gasteiger partial charge on any atom is 0.241 e. The molecule has 2 aliphatic heterocycles. The third-order valence-electron chi connectivity index (χ3n) is 6.48. The second kappa shape index (κ2) is 8.63. The van der Waals surface area contributed by atoms with Crippen molar-refractivity contribution in [2.45, 2.75) is 44.7 Å². The number of aryl methyl sites for hydroxylation is 1. The van der Waals surface area contributed by atoms with Gasteiger partial charge in [0, 0.05) is 47.7 Å². The van der Waals surface area contributed by atoms with E-state index >= 15 is 0 Å². The highest BCUT2D eigenvalue weighted by atomic mass is 32.2. The molecule has 0 radical (unpaired) electrons. The summed E-state index contributed by atoms with van der Waals surface area (Å²) < 4.78 is 40.1. The maximum absolute atomic E-state index is 13.6. The number of ether oxygens (including phenoxy) is 2. The first kappa shape index (κ1) is 22.7. The molecule has 2 aromatic carbocycles. The Hall–Kier alpha value is -3.04. The van der Waals surface area contributed by atoms with E-state index in [0.29, 0.717) is 44.2 Å². The molecule has 0 aliphatic carbocycles. The van der Waals surface area contributed by atoms with Crippen molar-refractivity contribution >= 4 is 26.8 Å². The molecular weight excluding hydrogens is 454 g/mol. The highest BCUT2D eigenvalue weighted by Crippen LogP contribution is 2.33. The van der Waals surface area contributed by atoms with Gasteiger partial charge in [0.25, 0.3) is 0 Å². The summed E-state index contributed by atoms with van der Waals surface area (Å²) in [6.45, 7) is 7.51. The number of hydrogen-bond acceptors (Lipinski definition) is 5. The SMILES string of the molecule is Cc1ccc2[nH]c3c(c2c1)CN(C(=O)[C@@H](NS(=O)(=O)c1ccc2c(c1)OCCO2)C(C)C)CC3. The Bertz CT molecular complexity index is 1360. The highest BCUT2D eigenvalue weighted by molar-refractivity contribution is 7.89. The van der Waals surface area contributed by atoms with E-state index in [2.05, 4.69) is 27.9 Å². The average molecular weight is 484 g/mol. The topological polar surface area (TPSA) is 101 Å². The van der Waals surface area contributed by atoms with Crippen LogP contribution in [0.25, 0.3) is 10.9 Å². The third kappa shape index (κ3) is 4.14. The summed E-state index contributed by atoms with van der Waals surface area (Å²) >= 11 is 0. The molecule has 9 heteroatoms. The van der Waals surface area contributed by atoms with E-state index in [9.17, 15) is 13.2 Å². The standard InChI is InChI=1S/C25H29N3O5S/c1-15(2)24(27-34(30,31)17-5-7-22-23(13-17)33-11-10-32-22)25(29)28-9-8-21-19(14-28)18-12-16(3)4-6-20(18)26-21/h4-7,12-13,15,24,26-27H,8-11,14H2,1-3H3/t24-/m0/s1. The average Bonchev–Trinajstić information content (AvgIpc) is 3.18. The zero-order valence-electron chi connectivity index (χ0n) is 19.6. The molecule has 2 N–H and O–H groups in total. The Labute approximate surface area is 199 Å². The van der Waals surface area contributed by atoms with Crippen LogP contribution in [0.4, 0.5) is 0 Å². The fourth-order valence-corrected chi connectivity index (χ4v) is 5.96. The predicted molar refractivity (Wildman–Crippen MR) is 129 cm³/mol. The fourth-order valence-electron chi connectivity index (χ4n) is 4.61. The van der Waals surface area contributed by atoms with Gasteiger partial charge in [0.2, 0.25) is 15.9 Å². The van der Waals surface area contributed by atoms with Crippen molar-refractivity contribution in [2.75, 3.05) is 19.8 Å². The van der Waals surface area contributed by atoms with Crippen molar-refractivity contribution < 1.29 is 22.7 Å². The van der Waals surface area contributed by atoms with Crippen LogP contribution in [0.1, 0.15) is 30.7 Å². The van der Waals surface area contributed by atoms with Gasteiger partial charge in [0.05, 0.1) is 4.90 Å².